The van der Waals surface area contributed by atoms with Gasteiger partial charge < -0.3 is 4.57 Å². The molecule has 1 rings (SSSR count). The summed E-state index contributed by atoms with van der Waals surface area (Å²) in [4.78, 5) is 13.1. The van der Waals surface area contributed by atoms with E-state index in [9.17, 15) is 9.36 Å². The first-order valence-corrected chi connectivity index (χ1v) is 10.5. The molecule has 0 spiro atoms. The third-order valence-corrected chi connectivity index (χ3v) is 7.37. The Balaban J connectivity index is 3.19. The maximum absolute atomic E-state index is 13.4. The molecule has 0 aliphatic heterocycles. The largest absolute Gasteiger partial charge is 0.315 e. The number of hydrogen-bond donors (Lipinski definition) is 0. The van der Waals surface area contributed by atoms with Crippen LogP contribution in [0.2, 0.25) is 0 Å². The van der Waals surface area contributed by atoms with Crippen molar-refractivity contribution < 1.29 is 9.36 Å². The lowest BCUT2D eigenvalue weighted by atomic mass is 10.0. The molecule has 0 aliphatic rings. The summed E-state index contributed by atoms with van der Waals surface area (Å²) in [6.45, 7) is 12.2. The van der Waals surface area contributed by atoms with E-state index in [1.807, 2.05) is 32.9 Å². The molecule has 0 radical (unpaired) electrons. The van der Waals surface area contributed by atoms with Crippen molar-refractivity contribution in [3.8, 4) is 0 Å². The summed E-state index contributed by atoms with van der Waals surface area (Å²) in [5.74, 6) is 0.280. The molecule has 0 saturated carbocycles. The van der Waals surface area contributed by atoms with Crippen LogP contribution in [0.15, 0.2) is 12.1 Å². The highest BCUT2D eigenvalue weighted by Crippen LogP contribution is 2.52. The Morgan fingerprint density at radius 3 is 2.09 bits per heavy atom. The first-order valence-electron chi connectivity index (χ1n) is 8.42. The van der Waals surface area contributed by atoms with E-state index in [-0.39, 0.29) is 11.4 Å². The number of hydrogen-bond acceptors (Lipinski definition) is 2. The second-order valence-corrected chi connectivity index (χ2v) is 9.97. The van der Waals surface area contributed by atoms with Crippen LogP contribution >= 0.6 is 7.14 Å². The molecular weight excluding hydrogens is 291 g/mol. The van der Waals surface area contributed by atoms with Crippen LogP contribution in [-0.2, 0) is 4.57 Å². The first kappa shape index (κ1) is 19.2. The van der Waals surface area contributed by atoms with E-state index in [0.29, 0.717) is 17.9 Å². The van der Waals surface area contributed by atoms with Gasteiger partial charge in [0.15, 0.2) is 7.14 Å². The minimum atomic E-state index is -2.83. The standard InChI is InChI=1S/C19H31O2P/c1-7-8-9-10-22(21,13-14(2)3)19(20)18-16(5)11-15(4)12-17(18)6/h11-12,14H,7-10,13H2,1-6H3. The molecule has 0 bridgehead atoms. The predicted molar refractivity (Wildman–Crippen MR) is 96.7 cm³/mol. The van der Waals surface area contributed by atoms with Gasteiger partial charge in [0, 0.05) is 17.9 Å². The van der Waals surface area contributed by atoms with Gasteiger partial charge in [-0.1, -0.05) is 51.3 Å². The van der Waals surface area contributed by atoms with Crippen molar-refractivity contribution in [2.24, 2.45) is 5.92 Å². The van der Waals surface area contributed by atoms with E-state index >= 15 is 0 Å². The summed E-state index contributed by atoms with van der Waals surface area (Å²) in [6.07, 6.45) is 4.10. The highest BCUT2D eigenvalue weighted by molar-refractivity contribution is 7.81. The second kappa shape index (κ2) is 8.11. The zero-order valence-electron chi connectivity index (χ0n) is 15.0. The van der Waals surface area contributed by atoms with Gasteiger partial charge in [-0.3, -0.25) is 4.79 Å². The van der Waals surface area contributed by atoms with Crippen LogP contribution in [-0.4, -0.2) is 17.8 Å². The molecule has 0 aromatic heterocycles. The molecule has 0 amide bonds. The molecule has 0 fully saturated rings. The van der Waals surface area contributed by atoms with Gasteiger partial charge in [0.1, 0.15) is 0 Å². The molecule has 1 aromatic carbocycles. The average Bonchev–Trinajstić information content (AvgIpc) is 2.36. The van der Waals surface area contributed by atoms with Gasteiger partial charge in [0.05, 0.1) is 0 Å². The number of carbonyl (C=O) groups is 1. The highest BCUT2D eigenvalue weighted by Gasteiger charge is 2.34. The molecular formula is C19H31O2P. The molecule has 3 heteroatoms. The van der Waals surface area contributed by atoms with Gasteiger partial charge in [-0.25, -0.2) is 0 Å². The Bertz CT molecular complexity index is 550. The van der Waals surface area contributed by atoms with Crippen molar-refractivity contribution in [1.29, 1.82) is 0 Å². The molecule has 1 atom stereocenters. The summed E-state index contributed by atoms with van der Waals surface area (Å²) in [7, 11) is -2.83. The maximum atomic E-state index is 13.4. The minimum absolute atomic E-state index is 0.0905. The molecule has 124 valence electrons. The van der Waals surface area contributed by atoms with Crippen LogP contribution in [0.5, 0.6) is 0 Å². The normalized spacial score (nSPS) is 14.1. The summed E-state index contributed by atoms with van der Waals surface area (Å²) in [6, 6.07) is 4.04. The van der Waals surface area contributed by atoms with E-state index in [1.54, 1.807) is 0 Å². The summed E-state index contributed by atoms with van der Waals surface area (Å²) < 4.78 is 13.4. The van der Waals surface area contributed by atoms with Crippen molar-refractivity contribution in [1.82, 2.24) is 0 Å². The Labute approximate surface area is 136 Å². The lowest BCUT2D eigenvalue weighted by Crippen LogP contribution is -2.14. The van der Waals surface area contributed by atoms with Crippen LogP contribution in [0.4, 0.5) is 0 Å². The topological polar surface area (TPSA) is 34.1 Å². The summed E-state index contributed by atoms with van der Waals surface area (Å²) >= 11 is 0. The Kier molecular flexibility index (Phi) is 7.06. The molecule has 0 aliphatic carbocycles. The van der Waals surface area contributed by atoms with Crippen LogP contribution < -0.4 is 0 Å². The van der Waals surface area contributed by atoms with Crippen LogP contribution in [0, 0.1) is 26.7 Å². The van der Waals surface area contributed by atoms with E-state index in [4.69, 9.17) is 0 Å². The Morgan fingerprint density at radius 2 is 1.64 bits per heavy atom. The number of rotatable bonds is 8. The Hall–Kier alpha value is -0.880. The monoisotopic (exact) mass is 322 g/mol. The fourth-order valence-electron chi connectivity index (χ4n) is 3.20. The minimum Gasteiger partial charge on any atom is -0.315 e. The second-order valence-electron chi connectivity index (χ2n) is 6.98. The van der Waals surface area contributed by atoms with Crippen molar-refractivity contribution in [2.45, 2.75) is 60.8 Å². The number of aryl methyl sites for hydroxylation is 3. The zero-order valence-corrected chi connectivity index (χ0v) is 15.9. The lowest BCUT2D eigenvalue weighted by molar-refractivity contribution is 0.107. The maximum Gasteiger partial charge on any atom is 0.221 e. The molecule has 1 unspecified atom stereocenters. The number of benzene rings is 1. The number of unbranched alkanes of at least 4 members (excludes halogenated alkanes) is 2. The van der Waals surface area contributed by atoms with Gasteiger partial charge in [-0.15, -0.1) is 0 Å². The van der Waals surface area contributed by atoms with Gasteiger partial charge in [-0.05, 0) is 44.2 Å². The molecule has 0 heterocycles. The van der Waals surface area contributed by atoms with Gasteiger partial charge >= 0.3 is 0 Å². The summed E-state index contributed by atoms with van der Waals surface area (Å²) in [5, 5.41) is 0. The molecule has 1 aromatic rings. The van der Waals surface area contributed by atoms with E-state index < -0.39 is 7.14 Å². The average molecular weight is 322 g/mol. The molecule has 2 nitrogen and oxygen atoms in total. The third-order valence-electron chi connectivity index (χ3n) is 4.04. The van der Waals surface area contributed by atoms with Crippen molar-refractivity contribution in [3.63, 3.8) is 0 Å². The molecule has 0 N–H and O–H groups in total. The highest BCUT2D eigenvalue weighted by atomic mass is 31.2. The van der Waals surface area contributed by atoms with Crippen LogP contribution in [0.25, 0.3) is 0 Å². The quantitative estimate of drug-likeness (QED) is 0.437. The first-order chi connectivity index (χ1) is 10.2. The van der Waals surface area contributed by atoms with E-state index in [0.717, 1.165) is 36.0 Å². The van der Waals surface area contributed by atoms with E-state index in [1.165, 1.54) is 0 Å². The van der Waals surface area contributed by atoms with Gasteiger partial charge in [0.2, 0.25) is 5.52 Å². The SMILES string of the molecule is CCCCCP(=O)(CC(C)C)C(=O)c1c(C)cc(C)cc1C. The molecule has 0 saturated heterocycles. The van der Waals surface area contributed by atoms with Crippen molar-refractivity contribution in [3.05, 3.63) is 34.4 Å². The van der Waals surface area contributed by atoms with Crippen molar-refractivity contribution >= 4 is 12.7 Å². The van der Waals surface area contributed by atoms with Gasteiger partial charge in [-0.2, -0.15) is 0 Å². The van der Waals surface area contributed by atoms with Crippen LogP contribution in [0.3, 0.4) is 0 Å². The smallest absolute Gasteiger partial charge is 0.221 e. The van der Waals surface area contributed by atoms with Gasteiger partial charge in [0.25, 0.3) is 0 Å². The Morgan fingerprint density at radius 1 is 1.09 bits per heavy atom. The fourth-order valence-corrected chi connectivity index (χ4v) is 6.43. The van der Waals surface area contributed by atoms with Crippen LogP contribution in [0.1, 0.15) is 67.1 Å². The predicted octanol–water partition coefficient (Wildman–Crippen LogP) is 5.96. The zero-order chi connectivity index (χ0) is 16.9. The molecule has 22 heavy (non-hydrogen) atoms. The van der Waals surface area contributed by atoms with E-state index in [2.05, 4.69) is 20.8 Å². The summed E-state index contributed by atoms with van der Waals surface area (Å²) in [5.41, 5.74) is 3.68. The lowest BCUT2D eigenvalue weighted by Gasteiger charge is -2.21. The number of carbonyl (C=O) groups excluding carboxylic acids is 1. The van der Waals surface area contributed by atoms with Crippen molar-refractivity contribution in [2.75, 3.05) is 12.3 Å². The third kappa shape index (κ3) is 4.81. The fraction of sp³-hybridized carbons (Fsp3) is 0.632.